The number of aromatic nitrogens is 4. The second kappa shape index (κ2) is 6.16. The Morgan fingerprint density at radius 2 is 1.92 bits per heavy atom. The van der Waals surface area contributed by atoms with Crippen molar-refractivity contribution in [3.8, 4) is 11.3 Å². The minimum absolute atomic E-state index is 0.547. The maximum Gasteiger partial charge on any atom is 0.181 e. The summed E-state index contributed by atoms with van der Waals surface area (Å²) in [5.41, 5.74) is 4.96. The van der Waals surface area contributed by atoms with Crippen LogP contribution in [0.2, 0.25) is 0 Å². The van der Waals surface area contributed by atoms with Crippen molar-refractivity contribution in [2.24, 2.45) is 5.92 Å². The van der Waals surface area contributed by atoms with E-state index >= 15 is 0 Å². The molecule has 0 aliphatic carbocycles. The molecular weight excluding hydrogens is 310 g/mol. The van der Waals surface area contributed by atoms with Gasteiger partial charge in [-0.3, -0.25) is 9.38 Å². The Kier molecular flexibility index (Phi) is 3.84. The molecule has 25 heavy (non-hydrogen) atoms. The lowest BCUT2D eigenvalue weighted by atomic mass is 10.2. The van der Waals surface area contributed by atoms with Crippen LogP contribution in [0.4, 0.5) is 5.82 Å². The van der Waals surface area contributed by atoms with Crippen LogP contribution in [0.5, 0.6) is 0 Å². The van der Waals surface area contributed by atoms with Crippen LogP contribution in [0.1, 0.15) is 13.8 Å². The number of nitrogens with zero attached hydrogens (tertiary/aromatic N) is 5. The minimum atomic E-state index is 0.547. The fourth-order valence-electron chi connectivity index (χ4n) is 3.27. The molecule has 0 radical (unpaired) electrons. The Hall–Kier alpha value is -2.95. The summed E-state index contributed by atoms with van der Waals surface area (Å²) in [6.07, 6.45) is 5.57. The molecule has 5 nitrogen and oxygen atoms in total. The van der Waals surface area contributed by atoms with E-state index in [1.807, 2.05) is 30.6 Å². The number of hydrogen-bond acceptors (Lipinski definition) is 4. The Morgan fingerprint density at radius 3 is 2.68 bits per heavy atom. The van der Waals surface area contributed by atoms with E-state index in [0.717, 1.165) is 40.3 Å². The average molecular weight is 331 g/mol. The van der Waals surface area contributed by atoms with Crippen LogP contribution in [0, 0.1) is 5.92 Å². The molecular formula is C20H21N5. The van der Waals surface area contributed by atoms with Gasteiger partial charge in [-0.25, -0.2) is 9.97 Å². The topological polar surface area (TPSA) is 46.3 Å². The van der Waals surface area contributed by atoms with Crippen molar-refractivity contribution in [2.45, 2.75) is 13.8 Å². The third-order valence-corrected chi connectivity index (χ3v) is 4.27. The molecule has 0 aliphatic rings. The van der Waals surface area contributed by atoms with Crippen molar-refractivity contribution < 1.29 is 0 Å². The van der Waals surface area contributed by atoms with Gasteiger partial charge in [-0.15, -0.1) is 0 Å². The van der Waals surface area contributed by atoms with Gasteiger partial charge in [0, 0.05) is 31.5 Å². The van der Waals surface area contributed by atoms with Crippen molar-refractivity contribution >= 4 is 22.5 Å². The zero-order valence-corrected chi connectivity index (χ0v) is 14.7. The summed E-state index contributed by atoms with van der Waals surface area (Å²) < 4.78 is 2.19. The van der Waals surface area contributed by atoms with E-state index < -0.39 is 0 Å². The number of benzene rings is 1. The van der Waals surface area contributed by atoms with Gasteiger partial charge in [-0.05, 0) is 30.2 Å². The first-order valence-corrected chi connectivity index (χ1v) is 8.53. The van der Waals surface area contributed by atoms with E-state index in [2.05, 4.69) is 53.4 Å². The monoisotopic (exact) mass is 331 g/mol. The third kappa shape index (κ3) is 2.71. The predicted octanol–water partition coefficient (Wildman–Crippen LogP) is 4.04. The minimum Gasteiger partial charge on any atom is -0.356 e. The SMILES string of the molecule is CC(C)CN(C)c1nc2ccccc2n2c(-c3cccnc3)cnc12. The maximum atomic E-state index is 4.89. The molecule has 4 aromatic rings. The zero-order chi connectivity index (χ0) is 17.4. The van der Waals surface area contributed by atoms with E-state index in [9.17, 15) is 0 Å². The van der Waals surface area contributed by atoms with Gasteiger partial charge in [0.15, 0.2) is 11.5 Å². The molecule has 0 N–H and O–H groups in total. The molecule has 0 atom stereocenters. The lowest BCUT2D eigenvalue weighted by Gasteiger charge is -2.21. The van der Waals surface area contributed by atoms with Gasteiger partial charge < -0.3 is 4.90 Å². The molecule has 126 valence electrons. The highest BCUT2D eigenvalue weighted by atomic mass is 15.2. The molecule has 0 unspecified atom stereocenters. The number of hydrogen-bond donors (Lipinski definition) is 0. The Morgan fingerprint density at radius 1 is 1.08 bits per heavy atom. The highest BCUT2D eigenvalue weighted by Gasteiger charge is 2.17. The smallest absolute Gasteiger partial charge is 0.181 e. The summed E-state index contributed by atoms with van der Waals surface area (Å²) in [6.45, 7) is 5.35. The maximum absolute atomic E-state index is 4.89. The molecule has 4 rings (SSSR count). The number of fused-ring (bicyclic) bond motifs is 3. The lowest BCUT2D eigenvalue weighted by Crippen LogP contribution is -2.24. The van der Waals surface area contributed by atoms with Crippen molar-refractivity contribution in [3.05, 3.63) is 55.0 Å². The summed E-state index contributed by atoms with van der Waals surface area (Å²) >= 11 is 0. The van der Waals surface area contributed by atoms with E-state index in [0.29, 0.717) is 5.92 Å². The van der Waals surface area contributed by atoms with Crippen LogP contribution >= 0.6 is 0 Å². The van der Waals surface area contributed by atoms with Crippen molar-refractivity contribution in [3.63, 3.8) is 0 Å². The average Bonchev–Trinajstić information content (AvgIpc) is 3.06. The summed E-state index contributed by atoms with van der Waals surface area (Å²) in [7, 11) is 2.08. The van der Waals surface area contributed by atoms with Gasteiger partial charge in [0.1, 0.15) is 0 Å². The fourth-order valence-corrected chi connectivity index (χ4v) is 3.27. The Bertz CT molecular complexity index is 1020. The Balaban J connectivity index is 2.03. The second-order valence-electron chi connectivity index (χ2n) is 6.74. The van der Waals surface area contributed by atoms with Crippen LogP contribution in [0.25, 0.3) is 27.9 Å². The van der Waals surface area contributed by atoms with Crippen LogP contribution in [0.15, 0.2) is 55.0 Å². The predicted molar refractivity (Wildman–Crippen MR) is 102 cm³/mol. The molecule has 0 spiro atoms. The van der Waals surface area contributed by atoms with Crippen LogP contribution < -0.4 is 4.90 Å². The number of anilines is 1. The molecule has 0 fully saturated rings. The molecule has 0 saturated heterocycles. The quantitative estimate of drug-likeness (QED) is 0.566. The van der Waals surface area contributed by atoms with E-state index in [1.54, 1.807) is 6.20 Å². The van der Waals surface area contributed by atoms with Gasteiger partial charge in [0.05, 0.1) is 22.9 Å². The molecule has 0 amide bonds. The number of rotatable bonds is 4. The Labute approximate surface area is 147 Å². The second-order valence-corrected chi connectivity index (χ2v) is 6.74. The van der Waals surface area contributed by atoms with Crippen LogP contribution in [-0.4, -0.2) is 32.9 Å². The number of imidazole rings is 1. The number of para-hydroxylation sites is 2. The highest BCUT2D eigenvalue weighted by Crippen LogP contribution is 2.29. The summed E-state index contributed by atoms with van der Waals surface area (Å²) in [4.78, 5) is 16.0. The first-order chi connectivity index (χ1) is 12.1. The summed E-state index contributed by atoms with van der Waals surface area (Å²) in [5, 5.41) is 0. The number of pyridine rings is 1. The first-order valence-electron chi connectivity index (χ1n) is 8.53. The van der Waals surface area contributed by atoms with Gasteiger partial charge >= 0.3 is 0 Å². The van der Waals surface area contributed by atoms with Gasteiger partial charge in [0.2, 0.25) is 0 Å². The molecule has 0 bridgehead atoms. The molecule has 0 aliphatic heterocycles. The van der Waals surface area contributed by atoms with E-state index in [1.165, 1.54) is 0 Å². The highest BCUT2D eigenvalue weighted by molar-refractivity contribution is 5.86. The van der Waals surface area contributed by atoms with Crippen molar-refractivity contribution in [1.29, 1.82) is 0 Å². The summed E-state index contributed by atoms with van der Waals surface area (Å²) in [5.74, 6) is 1.45. The van der Waals surface area contributed by atoms with E-state index in [4.69, 9.17) is 9.97 Å². The third-order valence-electron chi connectivity index (χ3n) is 4.27. The van der Waals surface area contributed by atoms with Crippen LogP contribution in [0.3, 0.4) is 0 Å². The largest absolute Gasteiger partial charge is 0.356 e. The first kappa shape index (κ1) is 15.6. The fraction of sp³-hybridized carbons (Fsp3) is 0.250. The summed E-state index contributed by atoms with van der Waals surface area (Å²) in [6, 6.07) is 12.2. The van der Waals surface area contributed by atoms with Gasteiger partial charge in [-0.2, -0.15) is 0 Å². The van der Waals surface area contributed by atoms with Crippen molar-refractivity contribution in [2.75, 3.05) is 18.5 Å². The van der Waals surface area contributed by atoms with Gasteiger partial charge in [0.25, 0.3) is 0 Å². The molecule has 5 heteroatoms. The van der Waals surface area contributed by atoms with Gasteiger partial charge in [-0.1, -0.05) is 26.0 Å². The molecule has 3 heterocycles. The van der Waals surface area contributed by atoms with E-state index in [-0.39, 0.29) is 0 Å². The molecule has 3 aromatic heterocycles. The zero-order valence-electron chi connectivity index (χ0n) is 14.7. The van der Waals surface area contributed by atoms with Crippen molar-refractivity contribution in [1.82, 2.24) is 19.4 Å². The van der Waals surface area contributed by atoms with Crippen LogP contribution in [-0.2, 0) is 0 Å². The standard InChI is InChI=1S/C20H21N5/c1-14(2)13-24(3)20-19-22-12-18(15-7-6-10-21-11-15)25(19)17-9-5-4-8-16(17)23-20/h4-12,14H,13H2,1-3H3. The normalized spacial score (nSPS) is 11.5. The lowest BCUT2D eigenvalue weighted by molar-refractivity contribution is 0.635. The molecule has 0 saturated carbocycles. The molecule has 1 aromatic carbocycles.